The quantitative estimate of drug-likeness (QED) is 0.548. The van der Waals surface area contributed by atoms with Crippen LogP contribution in [0, 0.1) is 0 Å². The van der Waals surface area contributed by atoms with Crippen LogP contribution < -0.4 is 10.9 Å². The number of fused-ring (bicyclic) bond motifs is 2. The van der Waals surface area contributed by atoms with E-state index in [0.717, 1.165) is 47.7 Å². The van der Waals surface area contributed by atoms with Crippen LogP contribution in [0.25, 0.3) is 21.7 Å². The van der Waals surface area contributed by atoms with Crippen LogP contribution in [0.3, 0.4) is 0 Å². The van der Waals surface area contributed by atoms with Gasteiger partial charge in [0.1, 0.15) is 0 Å². The maximum absolute atomic E-state index is 12.8. The highest BCUT2D eigenvalue weighted by atomic mass is 16.1. The number of benzene rings is 2. The van der Waals surface area contributed by atoms with Gasteiger partial charge in [0.25, 0.3) is 11.5 Å². The van der Waals surface area contributed by atoms with Gasteiger partial charge in [-0.3, -0.25) is 9.59 Å². The normalized spacial score (nSPS) is 19.2. The van der Waals surface area contributed by atoms with Crippen molar-refractivity contribution in [1.29, 1.82) is 0 Å². The molecule has 2 aromatic heterocycles. The summed E-state index contributed by atoms with van der Waals surface area (Å²) in [5.41, 5.74) is 2.63. The highest BCUT2D eigenvalue weighted by Crippen LogP contribution is 2.34. The van der Waals surface area contributed by atoms with Crippen molar-refractivity contribution in [3.63, 3.8) is 0 Å². The third kappa shape index (κ3) is 3.28. The first-order valence-electron chi connectivity index (χ1n) is 10.4. The van der Waals surface area contributed by atoms with Gasteiger partial charge in [0.05, 0.1) is 11.1 Å². The van der Waals surface area contributed by atoms with E-state index in [-0.39, 0.29) is 17.5 Å². The first-order chi connectivity index (χ1) is 14.6. The van der Waals surface area contributed by atoms with Crippen LogP contribution >= 0.6 is 0 Å². The molecule has 5 rings (SSSR count). The predicted molar refractivity (Wildman–Crippen MR) is 118 cm³/mol. The standard InChI is InChI=1S/C24H24N4O2/c1-28-13-12-16-14-17(8-11-21(16)28)23(29)25-18-9-6-15(7-10-18)22-19-4-2-3-5-20(19)24(30)27-26-22/h2-5,8,11-15,18H,6-7,9-10H2,1H3,(H,25,29)(H,27,30)/t15-,18-. The van der Waals surface area contributed by atoms with Crippen molar-refractivity contribution in [2.75, 3.05) is 0 Å². The van der Waals surface area contributed by atoms with E-state index < -0.39 is 0 Å². The third-order valence-corrected chi connectivity index (χ3v) is 6.32. The Morgan fingerprint density at radius 1 is 1.07 bits per heavy atom. The molecule has 6 heteroatoms. The average Bonchev–Trinajstić information content (AvgIpc) is 3.15. The fraction of sp³-hybridized carbons (Fsp3) is 0.292. The molecule has 30 heavy (non-hydrogen) atoms. The number of nitrogens with one attached hydrogen (secondary N) is 2. The molecule has 0 radical (unpaired) electrons. The summed E-state index contributed by atoms with van der Waals surface area (Å²) in [6.45, 7) is 0. The van der Waals surface area contributed by atoms with Crippen LogP contribution in [0.1, 0.15) is 47.7 Å². The van der Waals surface area contributed by atoms with E-state index >= 15 is 0 Å². The molecule has 2 aromatic carbocycles. The number of amides is 1. The van der Waals surface area contributed by atoms with Gasteiger partial charge in [-0.25, -0.2) is 5.10 Å². The summed E-state index contributed by atoms with van der Waals surface area (Å²) >= 11 is 0. The maximum atomic E-state index is 12.8. The Morgan fingerprint density at radius 3 is 2.63 bits per heavy atom. The molecule has 0 atom stereocenters. The molecule has 1 aliphatic carbocycles. The first-order valence-corrected chi connectivity index (χ1v) is 10.4. The van der Waals surface area contributed by atoms with E-state index in [1.54, 1.807) is 0 Å². The lowest BCUT2D eigenvalue weighted by Crippen LogP contribution is -2.37. The number of aryl methyl sites for hydroxylation is 1. The number of hydrogen-bond acceptors (Lipinski definition) is 3. The highest BCUT2D eigenvalue weighted by molar-refractivity contribution is 5.98. The zero-order valence-electron chi connectivity index (χ0n) is 16.9. The number of rotatable bonds is 3. The van der Waals surface area contributed by atoms with E-state index in [2.05, 4.69) is 15.5 Å². The van der Waals surface area contributed by atoms with E-state index in [1.165, 1.54) is 0 Å². The van der Waals surface area contributed by atoms with Crippen LogP contribution in [0.5, 0.6) is 0 Å². The van der Waals surface area contributed by atoms with Gasteiger partial charge in [-0.2, -0.15) is 5.10 Å². The van der Waals surface area contributed by atoms with Gasteiger partial charge in [-0.05, 0) is 56.0 Å². The lowest BCUT2D eigenvalue weighted by molar-refractivity contribution is 0.0926. The predicted octanol–water partition coefficient (Wildman–Crippen LogP) is 3.87. The summed E-state index contributed by atoms with van der Waals surface area (Å²) in [7, 11) is 2.00. The third-order valence-electron chi connectivity index (χ3n) is 6.32. The molecule has 0 aliphatic heterocycles. The van der Waals surface area contributed by atoms with E-state index in [0.29, 0.717) is 16.9 Å². The molecule has 1 amide bonds. The van der Waals surface area contributed by atoms with Crippen LogP contribution in [-0.4, -0.2) is 26.7 Å². The van der Waals surface area contributed by atoms with Gasteiger partial charge in [0.2, 0.25) is 0 Å². The number of H-pyrrole nitrogens is 1. The Kier molecular flexibility index (Phi) is 4.62. The number of aromatic amines is 1. The molecule has 2 heterocycles. The average molecular weight is 400 g/mol. The molecule has 1 fully saturated rings. The molecular formula is C24H24N4O2. The van der Waals surface area contributed by atoms with E-state index in [9.17, 15) is 9.59 Å². The first kappa shape index (κ1) is 18.6. The second-order valence-corrected chi connectivity index (χ2v) is 8.21. The summed E-state index contributed by atoms with van der Waals surface area (Å²) in [5, 5.41) is 12.9. The van der Waals surface area contributed by atoms with Crippen molar-refractivity contribution < 1.29 is 4.79 Å². The van der Waals surface area contributed by atoms with Crippen molar-refractivity contribution in [3.8, 4) is 0 Å². The molecular weight excluding hydrogens is 376 g/mol. The van der Waals surface area contributed by atoms with Gasteiger partial charge in [-0.15, -0.1) is 0 Å². The Bertz CT molecular complexity index is 1300. The Labute approximate surface area is 173 Å². The summed E-state index contributed by atoms with van der Waals surface area (Å²) in [6, 6.07) is 15.7. The van der Waals surface area contributed by atoms with Crippen molar-refractivity contribution in [3.05, 3.63) is 76.3 Å². The van der Waals surface area contributed by atoms with Crippen LogP contribution in [0.4, 0.5) is 0 Å². The van der Waals surface area contributed by atoms with Gasteiger partial charge in [-0.1, -0.05) is 18.2 Å². The van der Waals surface area contributed by atoms with Crippen molar-refractivity contribution in [1.82, 2.24) is 20.1 Å². The lowest BCUT2D eigenvalue weighted by atomic mass is 9.82. The van der Waals surface area contributed by atoms with Crippen molar-refractivity contribution in [2.45, 2.75) is 37.6 Å². The topological polar surface area (TPSA) is 79.8 Å². The summed E-state index contributed by atoms with van der Waals surface area (Å²) in [5.74, 6) is 0.275. The molecule has 0 spiro atoms. The van der Waals surface area contributed by atoms with Gasteiger partial charge < -0.3 is 9.88 Å². The number of hydrogen-bond donors (Lipinski definition) is 2. The minimum atomic E-state index is -0.148. The van der Waals surface area contributed by atoms with Crippen LogP contribution in [0.2, 0.25) is 0 Å². The fourth-order valence-corrected chi connectivity index (χ4v) is 4.65. The molecule has 0 unspecified atom stereocenters. The monoisotopic (exact) mass is 400 g/mol. The van der Waals surface area contributed by atoms with E-state index in [1.807, 2.05) is 66.3 Å². The second-order valence-electron chi connectivity index (χ2n) is 8.21. The highest BCUT2D eigenvalue weighted by Gasteiger charge is 2.26. The van der Waals surface area contributed by atoms with E-state index in [4.69, 9.17) is 0 Å². The molecule has 2 N–H and O–H groups in total. The summed E-state index contributed by atoms with van der Waals surface area (Å²) in [4.78, 5) is 24.8. The van der Waals surface area contributed by atoms with Crippen LogP contribution in [0.15, 0.2) is 59.5 Å². The summed E-state index contributed by atoms with van der Waals surface area (Å²) in [6.07, 6.45) is 5.68. The Hall–Kier alpha value is -3.41. The molecule has 1 saturated carbocycles. The number of aromatic nitrogens is 3. The maximum Gasteiger partial charge on any atom is 0.272 e. The number of carbonyl (C=O) groups is 1. The number of nitrogens with zero attached hydrogens (tertiary/aromatic N) is 2. The van der Waals surface area contributed by atoms with Gasteiger partial charge in [0.15, 0.2) is 0 Å². The number of carbonyl (C=O) groups excluding carboxylic acids is 1. The Morgan fingerprint density at radius 2 is 1.83 bits per heavy atom. The molecule has 4 aromatic rings. The second kappa shape index (κ2) is 7.44. The zero-order chi connectivity index (χ0) is 20.7. The SMILES string of the molecule is Cn1ccc2cc(C(=O)N[C@H]3CC[C@H](c4n[nH]c(=O)c5ccccc54)CC3)ccc21. The largest absolute Gasteiger partial charge is 0.351 e. The van der Waals surface area contributed by atoms with Gasteiger partial charge >= 0.3 is 0 Å². The molecule has 0 bridgehead atoms. The van der Waals surface area contributed by atoms with Gasteiger partial charge in [0, 0.05) is 47.1 Å². The minimum absolute atomic E-state index is 0.0168. The molecule has 0 saturated heterocycles. The molecule has 152 valence electrons. The minimum Gasteiger partial charge on any atom is -0.351 e. The molecule has 1 aliphatic rings. The Balaban J connectivity index is 1.27. The summed E-state index contributed by atoms with van der Waals surface area (Å²) < 4.78 is 2.05. The van der Waals surface area contributed by atoms with Crippen LogP contribution in [-0.2, 0) is 7.05 Å². The fourth-order valence-electron chi connectivity index (χ4n) is 4.65. The van der Waals surface area contributed by atoms with Crippen molar-refractivity contribution >= 4 is 27.6 Å². The zero-order valence-corrected chi connectivity index (χ0v) is 16.9. The smallest absolute Gasteiger partial charge is 0.272 e. The van der Waals surface area contributed by atoms with Crippen molar-refractivity contribution in [2.24, 2.45) is 7.05 Å². The molecule has 6 nitrogen and oxygen atoms in total. The lowest BCUT2D eigenvalue weighted by Gasteiger charge is -2.29.